The second-order valence-electron chi connectivity index (χ2n) is 4.76. The third-order valence-corrected chi connectivity index (χ3v) is 4.19. The number of amides is 3. The van der Waals surface area contributed by atoms with E-state index in [2.05, 4.69) is 10.6 Å². The zero-order valence-electron chi connectivity index (χ0n) is 11.2. The predicted octanol–water partition coefficient (Wildman–Crippen LogP) is 0.531. The van der Waals surface area contributed by atoms with Gasteiger partial charge in [0.05, 0.1) is 19.7 Å². The highest BCUT2D eigenvalue weighted by Gasteiger charge is 2.25. The summed E-state index contributed by atoms with van der Waals surface area (Å²) >= 11 is 1.55. The lowest BCUT2D eigenvalue weighted by Crippen LogP contribution is -2.46. The average Bonchev–Trinajstić information content (AvgIpc) is 3.06. The van der Waals surface area contributed by atoms with Crippen LogP contribution >= 0.6 is 11.3 Å². The van der Waals surface area contributed by atoms with Crippen molar-refractivity contribution >= 4 is 23.3 Å². The van der Waals surface area contributed by atoms with Crippen molar-refractivity contribution in [3.63, 3.8) is 0 Å². The molecule has 2 rings (SSSR count). The molecular formula is C13H19N3O3S. The van der Waals surface area contributed by atoms with E-state index in [4.69, 9.17) is 5.11 Å². The molecule has 110 valence electrons. The summed E-state index contributed by atoms with van der Waals surface area (Å²) in [7, 11) is 0. The predicted molar refractivity (Wildman–Crippen MR) is 76.4 cm³/mol. The second kappa shape index (κ2) is 7.37. The summed E-state index contributed by atoms with van der Waals surface area (Å²) in [5, 5.41) is 16.0. The number of aliphatic hydroxyl groups is 1. The number of hydrogen-bond donors (Lipinski definition) is 3. The molecule has 0 spiro atoms. The number of urea groups is 1. The molecule has 0 aromatic carbocycles. The van der Waals surface area contributed by atoms with Gasteiger partial charge in [-0.1, -0.05) is 6.07 Å². The average molecular weight is 297 g/mol. The first-order valence-corrected chi connectivity index (χ1v) is 7.52. The fraction of sp³-hybridized carbons (Fsp3) is 0.538. The number of thiophene rings is 1. The summed E-state index contributed by atoms with van der Waals surface area (Å²) in [6.07, 6.45) is 1.87. The van der Waals surface area contributed by atoms with E-state index in [1.807, 2.05) is 22.4 Å². The number of likely N-dealkylation sites (tertiary alicyclic amines) is 1. The van der Waals surface area contributed by atoms with E-state index in [1.54, 1.807) is 11.3 Å². The van der Waals surface area contributed by atoms with Crippen molar-refractivity contribution in [2.75, 3.05) is 19.7 Å². The molecule has 1 atom stereocenters. The molecule has 1 saturated heterocycles. The molecule has 3 N–H and O–H groups in total. The van der Waals surface area contributed by atoms with Crippen LogP contribution in [0.2, 0.25) is 0 Å². The van der Waals surface area contributed by atoms with Gasteiger partial charge in [-0.2, -0.15) is 0 Å². The zero-order valence-corrected chi connectivity index (χ0v) is 12.0. The molecule has 3 amide bonds. The molecule has 0 saturated carbocycles. The normalized spacial score (nSPS) is 18.9. The first kappa shape index (κ1) is 15.0. The molecule has 0 aliphatic carbocycles. The molecule has 7 heteroatoms. The van der Waals surface area contributed by atoms with E-state index in [-0.39, 0.29) is 25.1 Å². The third kappa shape index (κ3) is 4.29. The largest absolute Gasteiger partial charge is 0.395 e. The Kier molecular flexibility index (Phi) is 5.51. The van der Waals surface area contributed by atoms with E-state index in [0.717, 1.165) is 24.3 Å². The van der Waals surface area contributed by atoms with Gasteiger partial charge in [-0.15, -0.1) is 11.3 Å². The molecule has 1 aromatic rings. The Labute approximate surface area is 121 Å². The van der Waals surface area contributed by atoms with Crippen LogP contribution in [0.15, 0.2) is 17.5 Å². The van der Waals surface area contributed by atoms with Crippen molar-refractivity contribution in [1.82, 2.24) is 15.5 Å². The van der Waals surface area contributed by atoms with E-state index in [9.17, 15) is 9.59 Å². The monoisotopic (exact) mass is 297 g/mol. The van der Waals surface area contributed by atoms with Crippen LogP contribution < -0.4 is 10.6 Å². The van der Waals surface area contributed by atoms with E-state index >= 15 is 0 Å². The van der Waals surface area contributed by atoms with Crippen LogP contribution in [-0.2, 0) is 11.3 Å². The van der Waals surface area contributed by atoms with Crippen molar-refractivity contribution in [1.29, 1.82) is 0 Å². The minimum Gasteiger partial charge on any atom is -0.395 e. The summed E-state index contributed by atoms with van der Waals surface area (Å²) in [5.41, 5.74) is 0. The lowest BCUT2D eigenvalue weighted by atomic mass is 10.2. The van der Waals surface area contributed by atoms with Gasteiger partial charge in [0.15, 0.2) is 0 Å². The summed E-state index contributed by atoms with van der Waals surface area (Å²) < 4.78 is 0. The first-order valence-electron chi connectivity index (χ1n) is 6.64. The zero-order chi connectivity index (χ0) is 14.4. The molecule has 1 aliphatic heterocycles. The van der Waals surface area contributed by atoms with Gasteiger partial charge < -0.3 is 10.4 Å². The van der Waals surface area contributed by atoms with Crippen LogP contribution in [0, 0.1) is 0 Å². The maximum absolute atomic E-state index is 11.7. The highest BCUT2D eigenvalue weighted by Crippen LogP contribution is 2.15. The van der Waals surface area contributed by atoms with Crippen molar-refractivity contribution in [2.24, 2.45) is 0 Å². The van der Waals surface area contributed by atoms with Crippen molar-refractivity contribution < 1.29 is 14.7 Å². The first-order chi connectivity index (χ1) is 9.69. The summed E-state index contributed by atoms with van der Waals surface area (Å²) in [6.45, 7) is 1.41. The number of rotatable bonds is 5. The Morgan fingerprint density at radius 3 is 3.05 bits per heavy atom. The summed E-state index contributed by atoms with van der Waals surface area (Å²) in [6, 6.07) is 3.38. The molecule has 1 fully saturated rings. The Hall–Kier alpha value is -1.44. The fourth-order valence-electron chi connectivity index (χ4n) is 2.29. The van der Waals surface area contributed by atoms with Crippen LogP contribution in [0.5, 0.6) is 0 Å². The van der Waals surface area contributed by atoms with Gasteiger partial charge in [0, 0.05) is 10.9 Å². The maximum Gasteiger partial charge on any atom is 0.321 e. The van der Waals surface area contributed by atoms with Gasteiger partial charge in [0.25, 0.3) is 0 Å². The lowest BCUT2D eigenvalue weighted by molar-refractivity contribution is -0.121. The second-order valence-corrected chi connectivity index (χ2v) is 5.79. The molecular weight excluding hydrogens is 278 g/mol. The number of carbonyl (C=O) groups excluding carboxylic acids is 2. The number of aliphatic hydroxyl groups excluding tert-OH is 1. The maximum atomic E-state index is 11.7. The summed E-state index contributed by atoms with van der Waals surface area (Å²) in [5.74, 6) is -0.339. The molecule has 0 radical (unpaired) electrons. The van der Waals surface area contributed by atoms with E-state index < -0.39 is 6.03 Å². The quantitative estimate of drug-likeness (QED) is 0.740. The van der Waals surface area contributed by atoms with Gasteiger partial charge in [0.1, 0.15) is 0 Å². The Morgan fingerprint density at radius 1 is 1.50 bits per heavy atom. The van der Waals surface area contributed by atoms with E-state index in [1.165, 1.54) is 0 Å². The van der Waals surface area contributed by atoms with Gasteiger partial charge in [-0.25, -0.2) is 4.79 Å². The molecule has 0 unspecified atom stereocenters. The molecule has 6 nitrogen and oxygen atoms in total. The van der Waals surface area contributed by atoms with E-state index in [0.29, 0.717) is 6.54 Å². The van der Waals surface area contributed by atoms with Crippen LogP contribution in [0.4, 0.5) is 4.79 Å². The minimum absolute atomic E-state index is 0.0370. The van der Waals surface area contributed by atoms with Crippen LogP contribution in [0.3, 0.4) is 0 Å². The van der Waals surface area contributed by atoms with Gasteiger partial charge in [0.2, 0.25) is 5.91 Å². The highest BCUT2D eigenvalue weighted by molar-refractivity contribution is 7.09. The minimum atomic E-state index is -0.483. The van der Waals surface area contributed by atoms with Crippen molar-refractivity contribution in [3.8, 4) is 0 Å². The standard InChI is InChI=1S/C13H19N3O3S/c17-9-10-3-1-5-16(10)8-12(18)15-13(19)14-7-11-4-2-6-20-11/h2,4,6,10,17H,1,3,5,7-9H2,(H2,14,15,18,19)/t10-/m1/s1. The Balaban J connectivity index is 1.69. The van der Waals surface area contributed by atoms with Crippen LogP contribution in [0.1, 0.15) is 17.7 Å². The molecule has 2 heterocycles. The number of carbonyl (C=O) groups is 2. The third-order valence-electron chi connectivity index (χ3n) is 3.31. The number of nitrogens with zero attached hydrogens (tertiary/aromatic N) is 1. The molecule has 1 aliphatic rings. The highest BCUT2D eigenvalue weighted by atomic mass is 32.1. The Morgan fingerprint density at radius 2 is 2.35 bits per heavy atom. The number of nitrogens with one attached hydrogen (secondary N) is 2. The van der Waals surface area contributed by atoms with Gasteiger partial charge in [-0.3, -0.25) is 15.0 Å². The number of imide groups is 1. The molecule has 0 bridgehead atoms. The lowest BCUT2D eigenvalue weighted by Gasteiger charge is -2.21. The fourth-order valence-corrected chi connectivity index (χ4v) is 2.93. The number of hydrogen-bond acceptors (Lipinski definition) is 5. The van der Waals surface area contributed by atoms with Crippen molar-refractivity contribution in [2.45, 2.75) is 25.4 Å². The molecule has 1 aromatic heterocycles. The smallest absolute Gasteiger partial charge is 0.321 e. The van der Waals surface area contributed by atoms with Crippen molar-refractivity contribution in [3.05, 3.63) is 22.4 Å². The van der Waals surface area contributed by atoms with Crippen LogP contribution in [-0.4, -0.2) is 47.7 Å². The Bertz CT molecular complexity index is 450. The van der Waals surface area contributed by atoms with Gasteiger partial charge in [-0.05, 0) is 30.8 Å². The van der Waals surface area contributed by atoms with Crippen LogP contribution in [0.25, 0.3) is 0 Å². The molecule has 20 heavy (non-hydrogen) atoms. The SMILES string of the molecule is O=C(CN1CCC[C@@H]1CO)NC(=O)NCc1cccs1. The summed E-state index contributed by atoms with van der Waals surface area (Å²) in [4.78, 5) is 26.2. The van der Waals surface area contributed by atoms with Gasteiger partial charge >= 0.3 is 6.03 Å². The topological polar surface area (TPSA) is 81.7 Å².